The molecule has 1 saturated heterocycles. The summed E-state index contributed by atoms with van der Waals surface area (Å²) in [4.78, 5) is 11.9. The maximum absolute atomic E-state index is 11.9. The normalized spacial score (nSPS) is 21.4. The molecule has 1 aliphatic rings. The Labute approximate surface area is 135 Å². The topological polar surface area (TPSA) is 50.8 Å². The van der Waals surface area contributed by atoms with E-state index in [-0.39, 0.29) is 12.1 Å². The number of cyclic esters (lactones) is 1. The number of ether oxygens (including phenoxy) is 2. The second kappa shape index (κ2) is 6.71. The van der Waals surface area contributed by atoms with Crippen LogP contribution in [0.3, 0.4) is 0 Å². The molecule has 0 bridgehead atoms. The molecule has 23 heavy (non-hydrogen) atoms. The van der Waals surface area contributed by atoms with E-state index in [1.807, 2.05) is 66.5 Å². The van der Waals surface area contributed by atoms with Crippen LogP contribution in [-0.2, 0) is 11.3 Å². The lowest BCUT2D eigenvalue weighted by Crippen LogP contribution is -2.55. The Bertz CT molecular complexity index is 658. The highest BCUT2D eigenvalue weighted by molar-refractivity contribution is 5.68. The SMILES string of the molecule is COc1ccc(CN2NC(=O)O[C@H](c3ccccc3)[C@@H]2C)cc1. The average Bonchev–Trinajstić information content (AvgIpc) is 2.59. The van der Waals surface area contributed by atoms with Crippen LogP contribution in [0.25, 0.3) is 0 Å². The van der Waals surface area contributed by atoms with E-state index < -0.39 is 6.09 Å². The van der Waals surface area contributed by atoms with Gasteiger partial charge >= 0.3 is 6.09 Å². The number of hydrogen-bond acceptors (Lipinski definition) is 4. The van der Waals surface area contributed by atoms with Crippen LogP contribution in [0.15, 0.2) is 54.6 Å². The first kappa shape index (κ1) is 15.4. The molecule has 1 aliphatic heterocycles. The van der Waals surface area contributed by atoms with Crippen LogP contribution in [0.4, 0.5) is 4.79 Å². The zero-order chi connectivity index (χ0) is 16.2. The summed E-state index contributed by atoms with van der Waals surface area (Å²) < 4.78 is 10.6. The molecular weight excluding hydrogens is 292 g/mol. The van der Waals surface area contributed by atoms with Crippen LogP contribution in [0.1, 0.15) is 24.2 Å². The molecule has 3 rings (SSSR count). The van der Waals surface area contributed by atoms with Crippen LogP contribution < -0.4 is 10.2 Å². The number of nitrogens with zero attached hydrogens (tertiary/aromatic N) is 1. The number of methoxy groups -OCH3 is 1. The first-order valence-electron chi connectivity index (χ1n) is 7.59. The summed E-state index contributed by atoms with van der Waals surface area (Å²) in [6.45, 7) is 2.64. The Morgan fingerprint density at radius 3 is 2.48 bits per heavy atom. The molecular formula is C18H20N2O3. The molecule has 0 saturated carbocycles. The number of hydrazine groups is 1. The average molecular weight is 312 g/mol. The summed E-state index contributed by atoms with van der Waals surface area (Å²) in [6, 6.07) is 17.6. The Morgan fingerprint density at radius 2 is 1.83 bits per heavy atom. The molecule has 5 nitrogen and oxygen atoms in total. The van der Waals surface area contributed by atoms with Gasteiger partial charge in [0.15, 0.2) is 0 Å². The van der Waals surface area contributed by atoms with Gasteiger partial charge in [0.1, 0.15) is 11.9 Å². The van der Waals surface area contributed by atoms with Crippen LogP contribution in [0.5, 0.6) is 5.75 Å². The number of carbonyl (C=O) groups excluding carboxylic acids is 1. The second-order valence-electron chi connectivity index (χ2n) is 5.56. The van der Waals surface area contributed by atoms with E-state index in [0.29, 0.717) is 6.54 Å². The van der Waals surface area contributed by atoms with Gasteiger partial charge in [0.05, 0.1) is 13.2 Å². The van der Waals surface area contributed by atoms with Gasteiger partial charge in [0, 0.05) is 6.54 Å². The van der Waals surface area contributed by atoms with E-state index in [0.717, 1.165) is 16.9 Å². The molecule has 0 radical (unpaired) electrons. The van der Waals surface area contributed by atoms with Gasteiger partial charge in [-0.3, -0.25) is 5.43 Å². The lowest BCUT2D eigenvalue weighted by atomic mass is 10.0. The maximum Gasteiger partial charge on any atom is 0.422 e. The molecule has 1 N–H and O–H groups in total. The summed E-state index contributed by atoms with van der Waals surface area (Å²) in [7, 11) is 1.64. The second-order valence-corrected chi connectivity index (χ2v) is 5.56. The Morgan fingerprint density at radius 1 is 1.13 bits per heavy atom. The van der Waals surface area contributed by atoms with E-state index >= 15 is 0 Å². The third kappa shape index (κ3) is 3.46. The summed E-state index contributed by atoms with van der Waals surface area (Å²) in [5.41, 5.74) is 4.87. The van der Waals surface area contributed by atoms with Gasteiger partial charge in [0.2, 0.25) is 0 Å². The van der Waals surface area contributed by atoms with Gasteiger partial charge in [-0.1, -0.05) is 42.5 Å². The fourth-order valence-electron chi connectivity index (χ4n) is 2.72. The number of benzene rings is 2. The fraction of sp³-hybridized carbons (Fsp3) is 0.278. The van der Waals surface area contributed by atoms with E-state index in [2.05, 4.69) is 5.43 Å². The Balaban J connectivity index is 1.77. The minimum absolute atomic E-state index is 0.0113. The molecule has 2 aromatic rings. The summed E-state index contributed by atoms with van der Waals surface area (Å²) in [5, 5.41) is 1.91. The minimum atomic E-state index is -0.425. The fourth-order valence-corrected chi connectivity index (χ4v) is 2.72. The number of carbonyl (C=O) groups is 1. The molecule has 2 atom stereocenters. The molecule has 0 aliphatic carbocycles. The molecule has 1 fully saturated rings. The van der Waals surface area contributed by atoms with Crippen molar-refractivity contribution in [2.75, 3.05) is 7.11 Å². The van der Waals surface area contributed by atoms with Crippen molar-refractivity contribution in [3.8, 4) is 5.75 Å². The standard InChI is InChI=1S/C18H20N2O3/c1-13-17(15-6-4-3-5-7-15)23-18(21)19-20(13)12-14-8-10-16(22-2)11-9-14/h3-11,13,17H,12H2,1-2H3,(H,19,21)/t13-,17-/m0/s1. The van der Waals surface area contributed by atoms with E-state index in [1.165, 1.54) is 0 Å². The zero-order valence-corrected chi connectivity index (χ0v) is 13.2. The van der Waals surface area contributed by atoms with Crippen molar-refractivity contribution >= 4 is 6.09 Å². The lowest BCUT2D eigenvalue weighted by Gasteiger charge is -2.39. The Hall–Kier alpha value is -2.53. The van der Waals surface area contributed by atoms with Gasteiger partial charge in [-0.05, 0) is 30.2 Å². The highest BCUT2D eigenvalue weighted by Crippen LogP contribution is 2.28. The zero-order valence-electron chi connectivity index (χ0n) is 13.2. The van der Waals surface area contributed by atoms with Gasteiger partial charge in [0.25, 0.3) is 0 Å². The van der Waals surface area contributed by atoms with Crippen molar-refractivity contribution in [3.05, 3.63) is 65.7 Å². The lowest BCUT2D eigenvalue weighted by molar-refractivity contribution is -0.0420. The third-order valence-electron chi connectivity index (χ3n) is 4.04. The van der Waals surface area contributed by atoms with Crippen molar-refractivity contribution in [2.45, 2.75) is 25.6 Å². The predicted octanol–water partition coefficient (Wildman–Crippen LogP) is 3.28. The first-order valence-corrected chi connectivity index (χ1v) is 7.59. The van der Waals surface area contributed by atoms with E-state index in [1.54, 1.807) is 7.11 Å². The van der Waals surface area contributed by atoms with Crippen molar-refractivity contribution in [3.63, 3.8) is 0 Å². The van der Waals surface area contributed by atoms with Crippen LogP contribution >= 0.6 is 0 Å². The molecule has 2 aromatic carbocycles. The molecule has 120 valence electrons. The highest BCUT2D eigenvalue weighted by Gasteiger charge is 2.34. The van der Waals surface area contributed by atoms with Crippen LogP contribution in [0, 0.1) is 0 Å². The van der Waals surface area contributed by atoms with E-state index in [9.17, 15) is 4.79 Å². The minimum Gasteiger partial charge on any atom is -0.497 e. The summed E-state index contributed by atoms with van der Waals surface area (Å²) in [5.74, 6) is 0.815. The van der Waals surface area contributed by atoms with Crippen LogP contribution in [-0.4, -0.2) is 24.3 Å². The number of amides is 1. The quantitative estimate of drug-likeness (QED) is 0.941. The molecule has 5 heteroatoms. The summed E-state index contributed by atoms with van der Waals surface area (Å²) >= 11 is 0. The maximum atomic E-state index is 11.9. The Kier molecular flexibility index (Phi) is 4.48. The highest BCUT2D eigenvalue weighted by atomic mass is 16.6. The van der Waals surface area contributed by atoms with E-state index in [4.69, 9.17) is 9.47 Å². The van der Waals surface area contributed by atoms with Crippen LogP contribution in [0.2, 0.25) is 0 Å². The largest absolute Gasteiger partial charge is 0.497 e. The van der Waals surface area contributed by atoms with Crippen molar-refractivity contribution in [2.24, 2.45) is 0 Å². The third-order valence-corrected chi connectivity index (χ3v) is 4.04. The van der Waals surface area contributed by atoms with Crippen molar-refractivity contribution in [1.82, 2.24) is 10.4 Å². The smallest absolute Gasteiger partial charge is 0.422 e. The molecule has 1 heterocycles. The first-order chi connectivity index (χ1) is 11.2. The monoisotopic (exact) mass is 312 g/mol. The number of rotatable bonds is 4. The molecule has 0 spiro atoms. The predicted molar refractivity (Wildman–Crippen MR) is 86.8 cm³/mol. The number of hydrogen-bond donors (Lipinski definition) is 1. The van der Waals surface area contributed by atoms with Crippen molar-refractivity contribution in [1.29, 1.82) is 0 Å². The van der Waals surface area contributed by atoms with Gasteiger partial charge in [-0.25, -0.2) is 9.80 Å². The van der Waals surface area contributed by atoms with Crippen molar-refractivity contribution < 1.29 is 14.3 Å². The van der Waals surface area contributed by atoms with Gasteiger partial charge in [-0.2, -0.15) is 0 Å². The molecule has 1 amide bonds. The molecule has 0 aromatic heterocycles. The van der Waals surface area contributed by atoms with Gasteiger partial charge in [-0.15, -0.1) is 0 Å². The number of nitrogens with one attached hydrogen (secondary N) is 1. The molecule has 0 unspecified atom stereocenters. The van der Waals surface area contributed by atoms with Gasteiger partial charge < -0.3 is 9.47 Å². The summed E-state index contributed by atoms with van der Waals surface area (Å²) in [6.07, 6.45) is -0.714.